The van der Waals surface area contributed by atoms with Crippen LogP contribution in [-0.2, 0) is 11.2 Å². The molecule has 0 saturated carbocycles. The monoisotopic (exact) mass is 351 g/mol. The molecule has 0 fully saturated rings. The highest BCUT2D eigenvalue weighted by atomic mass is 79.9. The number of hydrogen-bond acceptors (Lipinski definition) is 2. The van der Waals surface area contributed by atoms with Crippen molar-refractivity contribution in [2.24, 2.45) is 0 Å². The maximum Gasteiger partial charge on any atom is 0.463 e. The summed E-state index contributed by atoms with van der Waals surface area (Å²) in [4.78, 5) is 11.5. The largest absolute Gasteiger partial charge is 0.463 e. The molecule has 0 aliphatic carbocycles. The van der Waals surface area contributed by atoms with Gasteiger partial charge in [0.15, 0.2) is 0 Å². The molecule has 1 heterocycles. The molecular weight excluding hydrogens is 345 g/mol. The van der Waals surface area contributed by atoms with Gasteiger partial charge in [0.05, 0.1) is 3.79 Å². The molecular formula is C9H7BrF5NOS. The zero-order valence-electron chi connectivity index (χ0n) is 8.65. The van der Waals surface area contributed by atoms with E-state index >= 15 is 0 Å². The van der Waals surface area contributed by atoms with Gasteiger partial charge in [-0.05, 0) is 34.5 Å². The van der Waals surface area contributed by atoms with E-state index < -0.39 is 18.0 Å². The number of nitrogens with one attached hydrogen (secondary N) is 1. The van der Waals surface area contributed by atoms with Crippen molar-refractivity contribution >= 4 is 33.2 Å². The van der Waals surface area contributed by atoms with Crippen LogP contribution in [0.4, 0.5) is 22.0 Å². The fraction of sp³-hybridized carbons (Fsp3) is 0.444. The van der Waals surface area contributed by atoms with Gasteiger partial charge in [-0.1, -0.05) is 0 Å². The Kier molecular flexibility index (Phi) is 4.71. The lowest BCUT2D eigenvalue weighted by Gasteiger charge is -2.18. The average Bonchev–Trinajstić information content (AvgIpc) is 2.62. The lowest BCUT2D eigenvalue weighted by molar-refractivity contribution is -0.269. The summed E-state index contributed by atoms with van der Waals surface area (Å²) in [5.41, 5.74) is 0. The fourth-order valence-electron chi connectivity index (χ4n) is 1.03. The van der Waals surface area contributed by atoms with Crippen molar-refractivity contribution in [2.75, 3.05) is 6.54 Å². The topological polar surface area (TPSA) is 29.1 Å². The molecule has 1 amide bonds. The van der Waals surface area contributed by atoms with Crippen LogP contribution in [0.5, 0.6) is 0 Å². The molecule has 0 unspecified atom stereocenters. The highest BCUT2D eigenvalue weighted by Crippen LogP contribution is 2.35. The molecule has 18 heavy (non-hydrogen) atoms. The summed E-state index contributed by atoms with van der Waals surface area (Å²) in [5.74, 6) is -7.69. The normalized spacial score (nSPS) is 12.6. The van der Waals surface area contributed by atoms with E-state index in [2.05, 4.69) is 15.9 Å². The zero-order chi connectivity index (χ0) is 14.0. The summed E-state index contributed by atoms with van der Waals surface area (Å²) >= 11 is 4.48. The van der Waals surface area contributed by atoms with Crippen LogP contribution in [-0.4, -0.2) is 24.6 Å². The first-order valence-electron chi connectivity index (χ1n) is 4.61. The van der Waals surface area contributed by atoms with E-state index in [4.69, 9.17) is 0 Å². The molecule has 102 valence electrons. The lowest BCUT2D eigenvalue weighted by atomic mass is 10.3. The fourth-order valence-corrected chi connectivity index (χ4v) is 2.51. The van der Waals surface area contributed by atoms with Gasteiger partial charge in [-0.2, -0.15) is 22.0 Å². The van der Waals surface area contributed by atoms with Crippen LogP contribution < -0.4 is 5.32 Å². The van der Waals surface area contributed by atoms with Crippen LogP contribution >= 0.6 is 27.3 Å². The minimum Gasteiger partial charge on any atom is -0.350 e. The first-order chi connectivity index (χ1) is 8.14. The minimum atomic E-state index is -5.87. The third-order valence-electron chi connectivity index (χ3n) is 1.93. The maximum absolute atomic E-state index is 12.5. The Hall–Kier alpha value is -0.700. The van der Waals surface area contributed by atoms with Gasteiger partial charge in [0.1, 0.15) is 0 Å². The van der Waals surface area contributed by atoms with Crippen molar-refractivity contribution in [2.45, 2.75) is 18.5 Å². The molecule has 0 aliphatic heterocycles. The van der Waals surface area contributed by atoms with Crippen molar-refractivity contribution in [3.8, 4) is 0 Å². The lowest BCUT2D eigenvalue weighted by Crippen LogP contribution is -2.50. The first-order valence-corrected chi connectivity index (χ1v) is 6.22. The van der Waals surface area contributed by atoms with Crippen molar-refractivity contribution < 1.29 is 26.7 Å². The molecule has 2 nitrogen and oxygen atoms in total. The SMILES string of the molecule is O=C(NCCc1ccc(Br)s1)C(F)(F)C(F)(F)F. The zero-order valence-corrected chi connectivity index (χ0v) is 11.1. The quantitative estimate of drug-likeness (QED) is 0.828. The van der Waals surface area contributed by atoms with Gasteiger partial charge in [0.25, 0.3) is 5.91 Å². The molecule has 1 aromatic heterocycles. The second kappa shape index (κ2) is 5.52. The standard InChI is InChI=1S/C9H7BrF5NOS/c10-6-2-1-5(18-6)3-4-16-7(17)8(11,12)9(13,14)15/h1-2H,3-4H2,(H,16,17). The minimum absolute atomic E-state index is 0.190. The summed E-state index contributed by atoms with van der Waals surface area (Å²) in [5, 5.41) is 1.57. The Balaban J connectivity index is 2.47. The summed E-state index contributed by atoms with van der Waals surface area (Å²) in [7, 11) is 0. The Bertz CT molecular complexity index is 431. The Morgan fingerprint density at radius 3 is 2.33 bits per heavy atom. The number of amides is 1. The molecule has 1 rings (SSSR count). The molecule has 0 radical (unpaired) electrons. The van der Waals surface area contributed by atoms with Crippen LogP contribution in [0.3, 0.4) is 0 Å². The number of halogens is 6. The Morgan fingerprint density at radius 1 is 1.28 bits per heavy atom. The third kappa shape index (κ3) is 3.64. The second-order valence-corrected chi connectivity index (χ2v) is 5.83. The van der Waals surface area contributed by atoms with E-state index in [0.717, 1.165) is 8.66 Å². The number of carbonyl (C=O) groups excluding carboxylic acids is 1. The third-order valence-corrected chi connectivity index (χ3v) is 3.61. The number of thiophene rings is 1. The van der Waals surface area contributed by atoms with E-state index in [1.165, 1.54) is 11.3 Å². The smallest absolute Gasteiger partial charge is 0.350 e. The molecule has 1 N–H and O–H groups in total. The van der Waals surface area contributed by atoms with Crippen molar-refractivity contribution in [3.05, 3.63) is 20.8 Å². The Labute approximate surface area is 111 Å². The van der Waals surface area contributed by atoms with Crippen molar-refractivity contribution in [1.82, 2.24) is 5.32 Å². The number of carbonyl (C=O) groups is 1. The van der Waals surface area contributed by atoms with Crippen molar-refractivity contribution in [3.63, 3.8) is 0 Å². The summed E-state index contributed by atoms with van der Waals surface area (Å²) < 4.78 is 61.3. The van der Waals surface area contributed by atoms with Gasteiger partial charge < -0.3 is 5.32 Å². The van der Waals surface area contributed by atoms with Gasteiger partial charge in [-0.25, -0.2) is 0 Å². The molecule has 0 aromatic carbocycles. The molecule has 0 atom stereocenters. The van der Waals surface area contributed by atoms with E-state index in [-0.39, 0.29) is 13.0 Å². The second-order valence-electron chi connectivity index (χ2n) is 3.28. The van der Waals surface area contributed by atoms with E-state index in [0.29, 0.717) is 0 Å². The highest BCUT2D eigenvalue weighted by Gasteiger charge is 2.63. The number of rotatable bonds is 4. The molecule has 0 saturated heterocycles. The summed E-state index contributed by atoms with van der Waals surface area (Å²) in [6, 6.07) is 3.40. The van der Waals surface area contributed by atoms with Gasteiger partial charge in [0, 0.05) is 11.4 Å². The molecule has 9 heteroatoms. The van der Waals surface area contributed by atoms with E-state index in [1.54, 1.807) is 17.4 Å². The number of hydrogen-bond donors (Lipinski definition) is 1. The van der Waals surface area contributed by atoms with Gasteiger partial charge in [0.2, 0.25) is 0 Å². The molecule has 0 spiro atoms. The van der Waals surface area contributed by atoms with E-state index in [9.17, 15) is 26.7 Å². The van der Waals surface area contributed by atoms with Crippen LogP contribution in [0.2, 0.25) is 0 Å². The predicted molar refractivity (Wildman–Crippen MR) is 59.7 cm³/mol. The van der Waals surface area contributed by atoms with Gasteiger partial charge in [-0.3, -0.25) is 4.79 Å². The van der Waals surface area contributed by atoms with Crippen LogP contribution in [0.15, 0.2) is 15.9 Å². The highest BCUT2D eigenvalue weighted by molar-refractivity contribution is 9.11. The maximum atomic E-state index is 12.5. The van der Waals surface area contributed by atoms with Crippen LogP contribution in [0.1, 0.15) is 4.88 Å². The Morgan fingerprint density at radius 2 is 1.89 bits per heavy atom. The molecule has 1 aromatic rings. The van der Waals surface area contributed by atoms with Gasteiger partial charge >= 0.3 is 12.1 Å². The molecule has 0 aliphatic rings. The predicted octanol–water partition coefficient (Wildman–Crippen LogP) is 3.37. The van der Waals surface area contributed by atoms with Gasteiger partial charge in [-0.15, -0.1) is 11.3 Å². The van der Waals surface area contributed by atoms with E-state index in [1.807, 2.05) is 0 Å². The summed E-state index contributed by atoms with van der Waals surface area (Å²) in [6.45, 7) is -0.280. The van der Waals surface area contributed by atoms with Crippen molar-refractivity contribution in [1.29, 1.82) is 0 Å². The number of alkyl halides is 5. The summed E-state index contributed by atoms with van der Waals surface area (Å²) in [6.07, 6.45) is -5.68. The first kappa shape index (κ1) is 15.4. The molecule has 0 bridgehead atoms. The van der Waals surface area contributed by atoms with Crippen LogP contribution in [0.25, 0.3) is 0 Å². The van der Waals surface area contributed by atoms with Crippen LogP contribution in [0, 0.1) is 0 Å². The average molecular weight is 352 g/mol.